The predicted octanol–water partition coefficient (Wildman–Crippen LogP) is 3.12. The number of carbonyl (C=O) groups excluding carboxylic acids is 5. The first-order chi connectivity index (χ1) is 27.5. The summed E-state index contributed by atoms with van der Waals surface area (Å²) in [4.78, 5) is 72.4. The number of carbonyl (C=O) groups is 5. The number of hydrogen-bond donors (Lipinski definition) is 3. The fraction of sp³-hybridized carbons (Fsp3) is 0.575. The SMILES string of the molecule is O=C(N[C@H]1CCCCC/C=C/C2C[C@]2(C(=O)NS(=O)(=O)N2CCOCC2)NC(=O)[C@@H]2CN(C(=O)OCc3cccc4ccccc34)CCN2C1=O)OC1CCCC1. The van der Waals surface area contributed by atoms with Crippen LogP contribution in [0.4, 0.5) is 9.59 Å². The number of benzene rings is 2. The van der Waals surface area contributed by atoms with Crippen LogP contribution in [0.3, 0.4) is 0 Å². The third kappa shape index (κ3) is 9.53. The molecule has 2 aliphatic carbocycles. The molecular formula is C40H52N6O10S. The molecule has 5 aliphatic rings. The van der Waals surface area contributed by atoms with Gasteiger partial charge in [-0.15, -0.1) is 0 Å². The first kappa shape index (κ1) is 40.5. The van der Waals surface area contributed by atoms with Crippen molar-refractivity contribution in [1.29, 1.82) is 0 Å². The van der Waals surface area contributed by atoms with Gasteiger partial charge in [0.15, 0.2) is 0 Å². The third-order valence-electron chi connectivity index (χ3n) is 11.7. The van der Waals surface area contributed by atoms with E-state index in [0.717, 1.165) is 59.2 Å². The van der Waals surface area contributed by atoms with Crippen LogP contribution in [-0.4, -0.2) is 122 Å². The van der Waals surface area contributed by atoms with Crippen molar-refractivity contribution in [2.24, 2.45) is 5.92 Å². The number of allylic oxidation sites excluding steroid dienone is 1. The molecule has 7 rings (SSSR count). The zero-order valence-corrected chi connectivity index (χ0v) is 32.9. The number of amides is 5. The summed E-state index contributed by atoms with van der Waals surface area (Å²) in [7, 11) is -4.26. The van der Waals surface area contributed by atoms with Crippen LogP contribution in [0.25, 0.3) is 10.8 Å². The molecule has 5 amide bonds. The molecule has 2 saturated heterocycles. The molecule has 17 heteroatoms. The lowest BCUT2D eigenvalue weighted by atomic mass is 10.0. The van der Waals surface area contributed by atoms with Crippen LogP contribution in [0.15, 0.2) is 54.6 Å². The van der Waals surface area contributed by atoms with E-state index in [1.165, 1.54) is 9.80 Å². The lowest BCUT2D eigenvalue weighted by molar-refractivity contribution is -0.146. The Morgan fingerprint density at radius 2 is 1.67 bits per heavy atom. The maximum absolute atomic E-state index is 14.5. The van der Waals surface area contributed by atoms with E-state index in [4.69, 9.17) is 14.2 Å². The number of rotatable bonds is 7. The lowest BCUT2D eigenvalue weighted by Crippen LogP contribution is -2.66. The molecule has 4 fully saturated rings. The Kier molecular flexibility index (Phi) is 12.6. The van der Waals surface area contributed by atoms with E-state index in [2.05, 4.69) is 15.4 Å². The van der Waals surface area contributed by atoms with Crippen LogP contribution < -0.4 is 15.4 Å². The highest BCUT2D eigenvalue weighted by molar-refractivity contribution is 7.87. The summed E-state index contributed by atoms with van der Waals surface area (Å²) in [6, 6.07) is 11.1. The predicted molar refractivity (Wildman–Crippen MR) is 208 cm³/mol. The summed E-state index contributed by atoms with van der Waals surface area (Å²) in [5, 5.41) is 7.53. The van der Waals surface area contributed by atoms with Gasteiger partial charge in [0.2, 0.25) is 11.8 Å². The number of hydrogen-bond acceptors (Lipinski definition) is 10. The van der Waals surface area contributed by atoms with Crippen molar-refractivity contribution < 1.29 is 46.6 Å². The summed E-state index contributed by atoms with van der Waals surface area (Å²) >= 11 is 0. The van der Waals surface area contributed by atoms with Crippen molar-refractivity contribution in [3.63, 3.8) is 0 Å². The topological polar surface area (TPSA) is 193 Å². The minimum atomic E-state index is -4.26. The average molecular weight is 809 g/mol. The molecule has 0 spiro atoms. The molecule has 2 aromatic carbocycles. The van der Waals surface area contributed by atoms with Gasteiger partial charge in [0, 0.05) is 32.1 Å². The number of piperazine rings is 1. The summed E-state index contributed by atoms with van der Waals surface area (Å²) in [6.07, 6.45) is 8.79. The van der Waals surface area contributed by atoms with Gasteiger partial charge in [-0.25, -0.2) is 14.3 Å². The summed E-state index contributed by atoms with van der Waals surface area (Å²) < 4.78 is 46.6. The van der Waals surface area contributed by atoms with E-state index in [0.29, 0.717) is 19.3 Å². The molecule has 0 bridgehead atoms. The average Bonchev–Trinajstić information content (AvgIpc) is 3.66. The van der Waals surface area contributed by atoms with E-state index in [1.54, 1.807) is 0 Å². The largest absolute Gasteiger partial charge is 0.446 e. The maximum Gasteiger partial charge on any atom is 0.410 e. The quantitative estimate of drug-likeness (QED) is 0.350. The minimum Gasteiger partial charge on any atom is -0.446 e. The van der Waals surface area contributed by atoms with E-state index in [-0.39, 0.29) is 65.1 Å². The molecule has 3 heterocycles. The normalized spacial score (nSPS) is 27.2. The Balaban J connectivity index is 1.13. The van der Waals surface area contributed by atoms with Crippen molar-refractivity contribution >= 4 is 50.9 Å². The summed E-state index contributed by atoms with van der Waals surface area (Å²) in [6.45, 7) is 0.185. The molecule has 3 N–H and O–H groups in total. The Morgan fingerprint density at radius 1 is 0.912 bits per heavy atom. The molecular weight excluding hydrogens is 757 g/mol. The van der Waals surface area contributed by atoms with Crippen molar-refractivity contribution in [2.45, 2.75) is 94.5 Å². The van der Waals surface area contributed by atoms with Crippen molar-refractivity contribution in [2.75, 3.05) is 45.9 Å². The van der Waals surface area contributed by atoms with Gasteiger partial charge in [0.05, 0.1) is 19.8 Å². The van der Waals surface area contributed by atoms with Crippen molar-refractivity contribution in [3.05, 3.63) is 60.2 Å². The van der Waals surface area contributed by atoms with E-state index in [1.807, 2.05) is 54.6 Å². The van der Waals surface area contributed by atoms with Crippen LogP contribution >= 0.6 is 0 Å². The van der Waals surface area contributed by atoms with Gasteiger partial charge < -0.3 is 34.6 Å². The van der Waals surface area contributed by atoms with Gasteiger partial charge >= 0.3 is 22.4 Å². The van der Waals surface area contributed by atoms with Crippen LogP contribution in [0.5, 0.6) is 0 Å². The number of nitrogens with zero attached hydrogens (tertiary/aromatic N) is 3. The molecule has 4 atom stereocenters. The van der Waals surface area contributed by atoms with Crippen molar-refractivity contribution in [3.8, 4) is 0 Å². The van der Waals surface area contributed by atoms with E-state index < -0.39 is 63.7 Å². The van der Waals surface area contributed by atoms with Crippen LogP contribution in [-0.2, 0) is 45.4 Å². The first-order valence-corrected chi connectivity index (χ1v) is 21.5. The van der Waals surface area contributed by atoms with Gasteiger partial charge in [-0.2, -0.15) is 12.7 Å². The van der Waals surface area contributed by atoms with E-state index in [9.17, 15) is 32.4 Å². The van der Waals surface area contributed by atoms with E-state index >= 15 is 0 Å². The van der Waals surface area contributed by atoms with Crippen molar-refractivity contribution in [1.82, 2.24) is 29.5 Å². The molecule has 2 aromatic rings. The second-order valence-electron chi connectivity index (χ2n) is 15.5. The Bertz CT molecular complexity index is 1960. The standard InChI is InChI=1S/C40H52N6O10S/c47-35-34-26-44(39(51)55-27-29-13-10-12-28-11-6-9-17-32(28)29)19-20-46(34)36(48)33(41-38(50)56-31-15-7-8-16-31)18-5-3-1-2-4-14-30-25-40(30,42-35)37(49)43-57(52,53)45-21-23-54-24-22-45/h4,6,9-14,17,30-31,33-34H,1-3,5,7-8,15-16,18-27H2,(H,41,50)(H,42,47)(H,43,49)/b14-4+/t30?,33-,34-,40-/m0/s1. The molecule has 0 radical (unpaired) electrons. The van der Waals surface area contributed by atoms with Crippen LogP contribution in [0, 0.1) is 5.92 Å². The fourth-order valence-electron chi connectivity index (χ4n) is 8.27. The molecule has 3 aliphatic heterocycles. The molecule has 2 saturated carbocycles. The van der Waals surface area contributed by atoms with Crippen LogP contribution in [0.1, 0.15) is 69.8 Å². The maximum atomic E-state index is 14.5. The monoisotopic (exact) mass is 808 g/mol. The highest BCUT2D eigenvalue weighted by atomic mass is 32.2. The number of nitrogens with one attached hydrogen (secondary N) is 3. The fourth-order valence-corrected chi connectivity index (χ4v) is 9.45. The second kappa shape index (κ2) is 17.8. The zero-order valence-electron chi connectivity index (χ0n) is 32.1. The molecule has 0 aromatic heterocycles. The highest BCUT2D eigenvalue weighted by Gasteiger charge is 2.61. The smallest absolute Gasteiger partial charge is 0.410 e. The van der Waals surface area contributed by atoms with Gasteiger partial charge in [0.1, 0.15) is 30.3 Å². The molecule has 57 heavy (non-hydrogen) atoms. The summed E-state index contributed by atoms with van der Waals surface area (Å²) in [5.41, 5.74) is -0.824. The third-order valence-corrected chi connectivity index (χ3v) is 13.1. The first-order valence-electron chi connectivity index (χ1n) is 20.1. The molecule has 1 unspecified atom stereocenters. The lowest BCUT2D eigenvalue weighted by Gasteiger charge is -2.41. The van der Waals surface area contributed by atoms with Gasteiger partial charge in [-0.1, -0.05) is 67.5 Å². The van der Waals surface area contributed by atoms with Gasteiger partial charge in [0.25, 0.3) is 5.91 Å². The number of morpholine rings is 1. The number of fused-ring (bicyclic) bond motifs is 3. The Labute approximate surface area is 332 Å². The molecule has 308 valence electrons. The minimum absolute atomic E-state index is 0.0276. The van der Waals surface area contributed by atoms with Gasteiger partial charge in [-0.3, -0.25) is 14.4 Å². The van der Waals surface area contributed by atoms with Gasteiger partial charge in [-0.05, 0) is 67.7 Å². The zero-order chi connectivity index (χ0) is 40.0. The number of ether oxygens (including phenoxy) is 3. The second-order valence-corrected chi connectivity index (χ2v) is 17.2. The Morgan fingerprint density at radius 3 is 2.47 bits per heavy atom. The molecule has 16 nitrogen and oxygen atoms in total. The summed E-state index contributed by atoms with van der Waals surface area (Å²) in [5.74, 6) is -2.67. The highest BCUT2D eigenvalue weighted by Crippen LogP contribution is 2.45. The Hall–Kier alpha value is -4.74. The number of alkyl carbamates (subject to hydrolysis) is 1. The van der Waals surface area contributed by atoms with Crippen LogP contribution in [0.2, 0.25) is 0 Å².